The van der Waals surface area contributed by atoms with E-state index < -0.39 is 0 Å². The Labute approximate surface area is 172 Å². The number of pyridine rings is 1. The second-order valence-corrected chi connectivity index (χ2v) is 8.07. The Morgan fingerprint density at radius 2 is 1.69 bits per heavy atom. The average molecular weight is 398 g/mol. The molecule has 2 aromatic heterocycles. The molecule has 0 atom stereocenters. The normalized spacial score (nSPS) is 19.9. The second-order valence-electron chi connectivity index (χ2n) is 8.07. The topological polar surface area (TPSA) is 63.5 Å². The smallest absolute Gasteiger partial charge is 0.266 e. The van der Waals surface area contributed by atoms with Gasteiger partial charge < -0.3 is 9.64 Å². The Morgan fingerprint density at radius 3 is 2.48 bits per heavy atom. The van der Waals surface area contributed by atoms with Gasteiger partial charge >= 0.3 is 0 Å². The molecule has 2 aromatic rings. The fourth-order valence-electron chi connectivity index (χ4n) is 4.20. The van der Waals surface area contributed by atoms with Crippen molar-refractivity contribution in [1.82, 2.24) is 24.6 Å². The van der Waals surface area contributed by atoms with Crippen LogP contribution in [-0.2, 0) is 11.3 Å². The maximum absolute atomic E-state index is 12.3. The number of piperidine rings is 1. The quantitative estimate of drug-likeness (QED) is 0.740. The highest BCUT2D eigenvalue weighted by atomic mass is 16.5. The van der Waals surface area contributed by atoms with Crippen LogP contribution >= 0.6 is 0 Å². The molecule has 4 heterocycles. The van der Waals surface area contributed by atoms with E-state index in [1.165, 1.54) is 0 Å². The van der Waals surface area contributed by atoms with Crippen LogP contribution < -0.4 is 5.56 Å². The molecule has 0 bridgehead atoms. The third-order valence-corrected chi connectivity index (χ3v) is 6.03. The van der Waals surface area contributed by atoms with Crippen molar-refractivity contribution in [2.45, 2.75) is 25.8 Å². The van der Waals surface area contributed by atoms with Crippen LogP contribution in [0.4, 0.5) is 0 Å². The number of rotatable bonds is 6. The molecule has 0 saturated carbocycles. The molecule has 0 unspecified atom stereocenters. The van der Waals surface area contributed by atoms with Crippen LogP contribution in [0, 0.1) is 5.92 Å². The van der Waals surface area contributed by atoms with Gasteiger partial charge in [-0.2, -0.15) is 5.10 Å². The van der Waals surface area contributed by atoms with E-state index in [9.17, 15) is 4.79 Å². The van der Waals surface area contributed by atoms with Crippen LogP contribution in [0.5, 0.6) is 0 Å². The number of likely N-dealkylation sites (tertiary alicyclic amines) is 1. The minimum Gasteiger partial charge on any atom is -0.380 e. The first-order chi connectivity index (χ1) is 14.3. The van der Waals surface area contributed by atoms with Gasteiger partial charge in [0.1, 0.15) is 0 Å². The molecule has 0 spiro atoms. The molecule has 0 radical (unpaired) electrons. The highest BCUT2D eigenvalue weighted by Crippen LogP contribution is 2.19. The average Bonchev–Trinajstić information content (AvgIpc) is 3.04. The van der Waals surface area contributed by atoms with Crippen LogP contribution in [0.25, 0.3) is 11.3 Å². The number of aromatic nitrogens is 3. The zero-order chi connectivity index (χ0) is 19.9. The molecule has 29 heavy (non-hydrogen) atoms. The third kappa shape index (κ3) is 5.72. The van der Waals surface area contributed by atoms with E-state index in [1.807, 2.05) is 12.1 Å². The van der Waals surface area contributed by atoms with E-state index in [1.54, 1.807) is 29.2 Å². The molecule has 0 N–H and O–H groups in total. The molecule has 156 valence electrons. The first-order valence-corrected chi connectivity index (χ1v) is 10.8. The van der Waals surface area contributed by atoms with Gasteiger partial charge in [0.25, 0.3) is 5.56 Å². The van der Waals surface area contributed by atoms with Crippen molar-refractivity contribution in [3.05, 3.63) is 47.0 Å². The summed E-state index contributed by atoms with van der Waals surface area (Å²) in [6.07, 6.45) is 6.89. The van der Waals surface area contributed by atoms with Crippen molar-refractivity contribution in [1.29, 1.82) is 0 Å². The van der Waals surface area contributed by atoms with Crippen LogP contribution in [0.2, 0.25) is 0 Å². The molecule has 0 aliphatic carbocycles. The molecular formula is C22H31N5O2. The lowest BCUT2D eigenvalue weighted by molar-refractivity contribution is 0.129. The van der Waals surface area contributed by atoms with Gasteiger partial charge in [0.2, 0.25) is 0 Å². The number of hydrogen-bond acceptors (Lipinski definition) is 6. The number of nitrogens with zero attached hydrogens (tertiary/aromatic N) is 5. The van der Waals surface area contributed by atoms with E-state index in [2.05, 4.69) is 19.9 Å². The van der Waals surface area contributed by atoms with Crippen molar-refractivity contribution in [3.63, 3.8) is 0 Å². The van der Waals surface area contributed by atoms with Gasteiger partial charge in [-0.1, -0.05) is 0 Å². The summed E-state index contributed by atoms with van der Waals surface area (Å²) in [5, 5.41) is 4.61. The highest BCUT2D eigenvalue weighted by molar-refractivity contribution is 5.56. The minimum absolute atomic E-state index is 0.0198. The van der Waals surface area contributed by atoms with Crippen molar-refractivity contribution >= 4 is 0 Å². The van der Waals surface area contributed by atoms with E-state index >= 15 is 0 Å². The Bertz CT molecular complexity index is 809. The van der Waals surface area contributed by atoms with Crippen LogP contribution in [0.15, 0.2) is 41.5 Å². The van der Waals surface area contributed by atoms with Gasteiger partial charge in [0, 0.05) is 63.4 Å². The standard InChI is InChI=1S/C22H31N5O2/c28-22-3-2-21(20-4-8-23-9-5-20)24-27(22)18-19-6-11-26(12-7-19)14-13-25-10-1-16-29-17-15-25/h2-5,8-9,19H,1,6-7,10-18H2. The van der Waals surface area contributed by atoms with Crippen molar-refractivity contribution in [2.24, 2.45) is 5.92 Å². The van der Waals surface area contributed by atoms with E-state index in [0.29, 0.717) is 12.5 Å². The maximum Gasteiger partial charge on any atom is 0.266 e. The number of ether oxygens (including phenoxy) is 1. The molecule has 7 heteroatoms. The second kappa shape index (κ2) is 10.1. The van der Waals surface area contributed by atoms with Crippen molar-refractivity contribution < 1.29 is 4.74 Å². The van der Waals surface area contributed by atoms with Gasteiger partial charge in [-0.05, 0) is 56.5 Å². The Balaban J connectivity index is 1.28. The van der Waals surface area contributed by atoms with Gasteiger partial charge in [-0.3, -0.25) is 14.7 Å². The zero-order valence-corrected chi connectivity index (χ0v) is 17.1. The first-order valence-electron chi connectivity index (χ1n) is 10.8. The van der Waals surface area contributed by atoms with E-state index in [-0.39, 0.29) is 5.56 Å². The largest absolute Gasteiger partial charge is 0.380 e. The molecule has 4 rings (SSSR count). The molecule has 0 aromatic carbocycles. The summed E-state index contributed by atoms with van der Waals surface area (Å²) in [7, 11) is 0. The summed E-state index contributed by atoms with van der Waals surface area (Å²) in [5.74, 6) is 0.510. The van der Waals surface area contributed by atoms with E-state index in [4.69, 9.17) is 4.74 Å². The number of hydrogen-bond donors (Lipinski definition) is 0. The molecule has 2 fully saturated rings. The molecular weight excluding hydrogens is 366 g/mol. The SMILES string of the molecule is O=c1ccc(-c2ccncc2)nn1CC1CCN(CCN2CCCOCC2)CC1. The van der Waals surface area contributed by atoms with Gasteiger partial charge in [0.05, 0.1) is 12.3 Å². The third-order valence-electron chi connectivity index (χ3n) is 6.03. The van der Waals surface area contributed by atoms with Crippen molar-refractivity contribution in [3.8, 4) is 11.3 Å². The van der Waals surface area contributed by atoms with Gasteiger partial charge in [-0.25, -0.2) is 4.68 Å². The maximum atomic E-state index is 12.3. The van der Waals surface area contributed by atoms with Gasteiger partial charge in [0.15, 0.2) is 0 Å². The fraction of sp³-hybridized carbons (Fsp3) is 0.591. The summed E-state index contributed by atoms with van der Waals surface area (Å²) >= 11 is 0. The Kier molecular flexibility index (Phi) is 7.03. The summed E-state index contributed by atoms with van der Waals surface area (Å²) in [4.78, 5) is 21.4. The lowest BCUT2D eigenvalue weighted by Crippen LogP contribution is -2.41. The lowest BCUT2D eigenvalue weighted by Gasteiger charge is -2.33. The predicted octanol–water partition coefficient (Wildman–Crippen LogP) is 1.74. The monoisotopic (exact) mass is 397 g/mol. The molecule has 0 amide bonds. The molecule has 2 aliphatic heterocycles. The Hall–Kier alpha value is -2.09. The summed E-state index contributed by atoms with van der Waals surface area (Å²) in [6.45, 7) is 9.14. The fourth-order valence-corrected chi connectivity index (χ4v) is 4.20. The first kappa shape index (κ1) is 20.2. The summed E-state index contributed by atoms with van der Waals surface area (Å²) in [6, 6.07) is 7.27. The minimum atomic E-state index is -0.0198. The van der Waals surface area contributed by atoms with E-state index in [0.717, 1.165) is 83.0 Å². The lowest BCUT2D eigenvalue weighted by atomic mass is 9.97. The summed E-state index contributed by atoms with van der Waals surface area (Å²) < 4.78 is 7.19. The van der Waals surface area contributed by atoms with Crippen LogP contribution in [0.1, 0.15) is 19.3 Å². The van der Waals surface area contributed by atoms with Crippen LogP contribution in [-0.4, -0.2) is 77.0 Å². The predicted molar refractivity (Wildman–Crippen MR) is 113 cm³/mol. The molecule has 2 aliphatic rings. The van der Waals surface area contributed by atoms with Crippen molar-refractivity contribution in [2.75, 3.05) is 52.5 Å². The Morgan fingerprint density at radius 1 is 0.931 bits per heavy atom. The highest BCUT2D eigenvalue weighted by Gasteiger charge is 2.21. The zero-order valence-electron chi connectivity index (χ0n) is 17.1. The van der Waals surface area contributed by atoms with Gasteiger partial charge in [-0.15, -0.1) is 0 Å². The molecule has 2 saturated heterocycles. The summed E-state index contributed by atoms with van der Waals surface area (Å²) in [5.41, 5.74) is 1.79. The molecule has 7 nitrogen and oxygen atoms in total. The van der Waals surface area contributed by atoms with Crippen LogP contribution in [0.3, 0.4) is 0 Å².